The maximum absolute atomic E-state index is 11.8. The van der Waals surface area contributed by atoms with E-state index in [4.69, 9.17) is 0 Å². The molecule has 26 heavy (non-hydrogen) atoms. The van der Waals surface area contributed by atoms with Crippen molar-refractivity contribution in [2.45, 2.75) is 39.2 Å². The molecule has 0 saturated carbocycles. The largest absolute Gasteiger partial charge is 0.353 e. The molecular formula is C19H26N4O2S. The van der Waals surface area contributed by atoms with Gasteiger partial charge in [-0.15, -0.1) is 0 Å². The van der Waals surface area contributed by atoms with Crippen LogP contribution in [0.2, 0.25) is 0 Å². The summed E-state index contributed by atoms with van der Waals surface area (Å²) >= 11 is 0. The van der Waals surface area contributed by atoms with E-state index in [1.807, 2.05) is 25.1 Å². The molecule has 1 unspecified atom stereocenters. The fraction of sp³-hybridized carbons (Fsp3) is 0.474. The summed E-state index contributed by atoms with van der Waals surface area (Å²) in [6.07, 6.45) is 2.17. The van der Waals surface area contributed by atoms with E-state index < -0.39 is 9.84 Å². The van der Waals surface area contributed by atoms with Gasteiger partial charge in [0, 0.05) is 24.3 Å². The lowest BCUT2D eigenvalue weighted by Gasteiger charge is -2.28. The summed E-state index contributed by atoms with van der Waals surface area (Å²) < 4.78 is 23.6. The number of sulfone groups is 1. The smallest absolute Gasteiger partial charge is 0.152 e. The zero-order valence-corrected chi connectivity index (χ0v) is 16.3. The van der Waals surface area contributed by atoms with Crippen molar-refractivity contribution in [1.82, 2.24) is 9.97 Å². The molecule has 0 radical (unpaired) electrons. The van der Waals surface area contributed by atoms with Gasteiger partial charge in [-0.3, -0.25) is 0 Å². The monoisotopic (exact) mass is 374 g/mol. The molecule has 3 rings (SSSR count). The summed E-state index contributed by atoms with van der Waals surface area (Å²) in [7, 11) is -2.93. The number of hydrogen-bond acceptors (Lipinski definition) is 6. The fourth-order valence-electron chi connectivity index (χ4n) is 3.30. The van der Waals surface area contributed by atoms with Crippen molar-refractivity contribution in [3.8, 4) is 0 Å². The van der Waals surface area contributed by atoms with E-state index in [0.29, 0.717) is 24.7 Å². The molecule has 0 amide bonds. The first-order valence-corrected chi connectivity index (χ1v) is 10.9. The third-order valence-corrected chi connectivity index (χ3v) is 6.54. The first kappa shape index (κ1) is 18.6. The van der Waals surface area contributed by atoms with Gasteiger partial charge < -0.3 is 10.2 Å². The Morgan fingerprint density at radius 2 is 1.96 bits per heavy atom. The third kappa shape index (κ3) is 4.33. The Kier molecular flexibility index (Phi) is 5.46. The summed E-state index contributed by atoms with van der Waals surface area (Å²) in [5.74, 6) is 2.41. The predicted molar refractivity (Wildman–Crippen MR) is 106 cm³/mol. The molecule has 1 saturated heterocycles. The highest BCUT2D eigenvalue weighted by molar-refractivity contribution is 7.91. The highest BCUT2D eigenvalue weighted by atomic mass is 32.2. The van der Waals surface area contributed by atoms with Crippen molar-refractivity contribution in [2.24, 2.45) is 0 Å². The molecule has 0 aliphatic carbocycles. The Morgan fingerprint density at radius 3 is 2.54 bits per heavy atom. The van der Waals surface area contributed by atoms with Gasteiger partial charge in [-0.25, -0.2) is 18.4 Å². The summed E-state index contributed by atoms with van der Waals surface area (Å²) in [5.41, 5.74) is 2.25. The summed E-state index contributed by atoms with van der Waals surface area (Å²) in [4.78, 5) is 10.7. The van der Waals surface area contributed by atoms with Crippen LogP contribution in [-0.2, 0) is 9.84 Å². The first-order chi connectivity index (χ1) is 12.4. The molecule has 140 valence electrons. The van der Waals surface area contributed by atoms with Gasteiger partial charge >= 0.3 is 0 Å². The number of nitrogens with one attached hydrogen (secondary N) is 1. The molecule has 0 bridgehead atoms. The lowest BCUT2D eigenvalue weighted by molar-refractivity contribution is 0.599. The summed E-state index contributed by atoms with van der Waals surface area (Å²) in [6.45, 7) is 7.06. The molecule has 1 aliphatic heterocycles. The van der Waals surface area contributed by atoms with E-state index in [0.717, 1.165) is 11.5 Å². The van der Waals surface area contributed by atoms with Crippen molar-refractivity contribution < 1.29 is 8.42 Å². The maximum atomic E-state index is 11.8. The summed E-state index contributed by atoms with van der Waals surface area (Å²) in [5, 5.41) is 3.30. The molecule has 1 aliphatic rings. The molecule has 0 spiro atoms. The normalized spacial score (nSPS) is 18.8. The third-order valence-electron chi connectivity index (χ3n) is 4.79. The Labute approximate surface area is 155 Å². The van der Waals surface area contributed by atoms with Crippen LogP contribution in [0.5, 0.6) is 0 Å². The number of benzene rings is 1. The van der Waals surface area contributed by atoms with Gasteiger partial charge in [-0.1, -0.05) is 26.0 Å². The van der Waals surface area contributed by atoms with Crippen LogP contribution in [0, 0.1) is 0 Å². The highest BCUT2D eigenvalue weighted by Crippen LogP contribution is 2.25. The molecule has 1 aromatic carbocycles. The minimum Gasteiger partial charge on any atom is -0.353 e. The van der Waals surface area contributed by atoms with Crippen molar-refractivity contribution in [3.63, 3.8) is 0 Å². The zero-order chi connectivity index (χ0) is 18.7. The van der Waals surface area contributed by atoms with Crippen LogP contribution < -0.4 is 10.2 Å². The van der Waals surface area contributed by atoms with E-state index in [2.05, 4.69) is 46.2 Å². The molecule has 7 heteroatoms. The SMILES string of the molecule is CCN(c1cc(Nc2ccc(C(C)C)cc2)ncn1)C1CCS(=O)(=O)C1. The molecule has 1 N–H and O–H groups in total. The molecule has 2 aromatic rings. The van der Waals surface area contributed by atoms with Gasteiger partial charge in [-0.05, 0) is 37.0 Å². The molecule has 6 nitrogen and oxygen atoms in total. The van der Waals surface area contributed by atoms with Crippen LogP contribution in [-0.4, -0.2) is 42.5 Å². The van der Waals surface area contributed by atoms with Gasteiger partial charge in [0.15, 0.2) is 9.84 Å². The maximum Gasteiger partial charge on any atom is 0.152 e. The molecule has 1 aromatic heterocycles. The Hall–Kier alpha value is -2.15. The molecule has 1 fully saturated rings. The van der Waals surface area contributed by atoms with Crippen molar-refractivity contribution in [1.29, 1.82) is 0 Å². The van der Waals surface area contributed by atoms with E-state index in [-0.39, 0.29) is 17.5 Å². The van der Waals surface area contributed by atoms with Gasteiger partial charge in [0.2, 0.25) is 0 Å². The average Bonchev–Trinajstić information content (AvgIpc) is 2.96. The van der Waals surface area contributed by atoms with Crippen LogP contribution in [0.1, 0.15) is 38.7 Å². The number of nitrogens with zero attached hydrogens (tertiary/aromatic N) is 3. The van der Waals surface area contributed by atoms with E-state index in [9.17, 15) is 8.42 Å². The van der Waals surface area contributed by atoms with Gasteiger partial charge in [-0.2, -0.15) is 0 Å². The van der Waals surface area contributed by atoms with Crippen LogP contribution >= 0.6 is 0 Å². The highest BCUT2D eigenvalue weighted by Gasteiger charge is 2.32. The predicted octanol–water partition coefficient (Wildman–Crippen LogP) is 3.36. The van der Waals surface area contributed by atoms with Crippen LogP contribution in [0.15, 0.2) is 36.7 Å². The molecular weight excluding hydrogens is 348 g/mol. The minimum absolute atomic E-state index is 0.0157. The number of aromatic nitrogens is 2. The fourth-order valence-corrected chi connectivity index (χ4v) is 5.03. The van der Waals surface area contributed by atoms with Crippen LogP contribution in [0.4, 0.5) is 17.3 Å². The van der Waals surface area contributed by atoms with Crippen LogP contribution in [0.25, 0.3) is 0 Å². The second-order valence-corrected chi connectivity index (χ2v) is 9.23. The Balaban J connectivity index is 1.76. The quantitative estimate of drug-likeness (QED) is 0.836. The molecule has 1 atom stereocenters. The van der Waals surface area contributed by atoms with E-state index in [1.165, 1.54) is 11.9 Å². The Bertz CT molecular complexity index is 850. The standard InChI is InChI=1S/C19H26N4O2S/c1-4-23(17-9-10-26(24,25)12-17)19-11-18(20-13-21-19)22-16-7-5-15(6-8-16)14(2)3/h5-8,11,13-14,17H,4,9-10,12H2,1-3H3,(H,20,21,22). The number of anilines is 3. The van der Waals surface area contributed by atoms with Crippen molar-refractivity contribution in [3.05, 3.63) is 42.2 Å². The van der Waals surface area contributed by atoms with E-state index >= 15 is 0 Å². The minimum atomic E-state index is -2.93. The van der Waals surface area contributed by atoms with Gasteiger partial charge in [0.1, 0.15) is 18.0 Å². The van der Waals surface area contributed by atoms with Crippen molar-refractivity contribution >= 4 is 27.2 Å². The average molecular weight is 375 g/mol. The second-order valence-electron chi connectivity index (χ2n) is 7.01. The second kappa shape index (κ2) is 7.61. The topological polar surface area (TPSA) is 75.2 Å². The number of hydrogen-bond donors (Lipinski definition) is 1. The van der Waals surface area contributed by atoms with Gasteiger partial charge in [0.05, 0.1) is 11.5 Å². The van der Waals surface area contributed by atoms with Crippen molar-refractivity contribution in [2.75, 3.05) is 28.3 Å². The summed E-state index contributed by atoms with van der Waals surface area (Å²) in [6, 6.07) is 10.2. The van der Waals surface area contributed by atoms with Gasteiger partial charge in [0.25, 0.3) is 0 Å². The zero-order valence-electron chi connectivity index (χ0n) is 15.5. The van der Waals surface area contributed by atoms with E-state index in [1.54, 1.807) is 0 Å². The van der Waals surface area contributed by atoms with Crippen LogP contribution in [0.3, 0.4) is 0 Å². The lowest BCUT2D eigenvalue weighted by atomic mass is 10.0. The molecule has 2 heterocycles. The first-order valence-electron chi connectivity index (χ1n) is 9.04. The lowest BCUT2D eigenvalue weighted by Crippen LogP contribution is -2.36. The number of rotatable bonds is 6. The Morgan fingerprint density at radius 1 is 1.23 bits per heavy atom.